The molecule has 0 aliphatic carbocycles. The van der Waals surface area contributed by atoms with Crippen LogP contribution in [0.15, 0.2) is 6.33 Å². The normalized spacial score (nSPS) is 10.0. The molecule has 0 atom stereocenters. The molecule has 0 spiro atoms. The Balaban J connectivity index is 3.05. The third kappa shape index (κ3) is 1.05. The van der Waals surface area contributed by atoms with Crippen molar-refractivity contribution in [2.45, 2.75) is 6.92 Å². The van der Waals surface area contributed by atoms with Gasteiger partial charge in [-0.1, -0.05) is 0 Å². The molecule has 2 N–H and O–H groups in total. The Morgan fingerprint density at radius 3 is 2.40 bits per heavy atom. The maximum Gasteiger partial charge on any atom is 0.510 e. The molecule has 0 aromatic carbocycles. The number of aromatic nitrogens is 2. The second kappa shape index (κ2) is 2.44. The highest BCUT2D eigenvalue weighted by molar-refractivity contribution is 6.58. The molecule has 1 heterocycles. The molecular weight excluding hydrogens is 131 g/mol. The lowest BCUT2D eigenvalue weighted by molar-refractivity contribution is 0.424. The van der Waals surface area contributed by atoms with Gasteiger partial charge in [-0.25, -0.2) is 4.98 Å². The molecule has 54 valence electrons. The molecule has 10 heavy (non-hydrogen) atoms. The lowest BCUT2D eigenvalue weighted by Crippen LogP contribution is -2.33. The Morgan fingerprint density at radius 2 is 2.20 bits per heavy atom. The Morgan fingerprint density at radius 1 is 1.60 bits per heavy atom. The van der Waals surface area contributed by atoms with E-state index in [-0.39, 0.29) is 0 Å². The maximum absolute atomic E-state index is 8.70. The summed E-state index contributed by atoms with van der Waals surface area (Å²) in [5.74, 6) is 0. The van der Waals surface area contributed by atoms with Gasteiger partial charge in [-0.05, 0) is 6.92 Å². The van der Waals surface area contributed by atoms with Gasteiger partial charge in [-0.2, -0.15) is 0 Å². The van der Waals surface area contributed by atoms with Gasteiger partial charge in [0.2, 0.25) is 0 Å². The predicted molar refractivity (Wildman–Crippen MR) is 37.8 cm³/mol. The number of rotatable bonds is 1. The van der Waals surface area contributed by atoms with Crippen molar-refractivity contribution in [2.75, 3.05) is 0 Å². The van der Waals surface area contributed by atoms with E-state index in [1.54, 1.807) is 24.9 Å². The van der Waals surface area contributed by atoms with E-state index in [2.05, 4.69) is 4.98 Å². The first-order chi connectivity index (χ1) is 4.63. The van der Waals surface area contributed by atoms with Gasteiger partial charge in [0.1, 0.15) is 0 Å². The molecule has 0 aliphatic rings. The predicted octanol–water partition coefficient (Wildman–Crippen LogP) is -1.59. The highest BCUT2D eigenvalue weighted by Gasteiger charge is 2.17. The van der Waals surface area contributed by atoms with Gasteiger partial charge in [-0.3, -0.25) is 0 Å². The van der Waals surface area contributed by atoms with Gasteiger partial charge in [-0.15, -0.1) is 0 Å². The number of hydrogen-bond donors (Lipinski definition) is 2. The van der Waals surface area contributed by atoms with Gasteiger partial charge in [0.05, 0.1) is 11.9 Å². The maximum atomic E-state index is 8.70. The van der Waals surface area contributed by atoms with Crippen LogP contribution >= 0.6 is 0 Å². The standard InChI is InChI=1S/C5H9BN2O2/c1-4-5(6(9)10)7-3-8(4)2/h3,9-10H,1-2H3. The monoisotopic (exact) mass is 140 g/mol. The van der Waals surface area contributed by atoms with Crippen LogP contribution in [-0.2, 0) is 7.05 Å². The van der Waals surface area contributed by atoms with Crippen molar-refractivity contribution in [2.24, 2.45) is 7.05 Å². The molecular formula is C5H9BN2O2. The molecule has 0 radical (unpaired) electrons. The summed E-state index contributed by atoms with van der Waals surface area (Å²) in [6, 6.07) is 0. The van der Waals surface area contributed by atoms with E-state index in [0.29, 0.717) is 5.59 Å². The van der Waals surface area contributed by atoms with Gasteiger partial charge < -0.3 is 14.6 Å². The van der Waals surface area contributed by atoms with Gasteiger partial charge in [0.25, 0.3) is 0 Å². The summed E-state index contributed by atoms with van der Waals surface area (Å²) in [5.41, 5.74) is 1.09. The van der Waals surface area contributed by atoms with E-state index in [9.17, 15) is 0 Å². The van der Waals surface area contributed by atoms with Crippen LogP contribution in [0.4, 0.5) is 0 Å². The molecule has 0 saturated carbocycles. The Bertz CT molecular complexity index is 234. The number of imidazole rings is 1. The van der Waals surface area contributed by atoms with Gasteiger partial charge in [0.15, 0.2) is 0 Å². The van der Waals surface area contributed by atoms with Crippen molar-refractivity contribution in [1.82, 2.24) is 9.55 Å². The van der Waals surface area contributed by atoms with E-state index in [4.69, 9.17) is 10.0 Å². The quantitative estimate of drug-likeness (QED) is 0.462. The minimum Gasteiger partial charge on any atom is -0.422 e. The smallest absolute Gasteiger partial charge is 0.422 e. The Labute approximate surface area is 59.3 Å². The Kier molecular flexibility index (Phi) is 1.78. The summed E-state index contributed by atoms with van der Waals surface area (Å²) in [6.45, 7) is 1.78. The first-order valence-electron chi connectivity index (χ1n) is 2.97. The van der Waals surface area contributed by atoms with E-state index in [0.717, 1.165) is 5.69 Å². The second-order valence-electron chi connectivity index (χ2n) is 2.20. The first-order valence-corrected chi connectivity index (χ1v) is 2.97. The van der Waals surface area contributed by atoms with Crippen LogP contribution in [0.3, 0.4) is 0 Å². The zero-order valence-corrected chi connectivity index (χ0v) is 5.94. The van der Waals surface area contributed by atoms with E-state index < -0.39 is 7.12 Å². The third-order valence-electron chi connectivity index (χ3n) is 1.51. The fourth-order valence-electron chi connectivity index (χ4n) is 0.763. The van der Waals surface area contributed by atoms with Crippen molar-refractivity contribution in [3.63, 3.8) is 0 Å². The summed E-state index contributed by atoms with van der Waals surface area (Å²) in [6.07, 6.45) is 1.55. The highest BCUT2D eigenvalue weighted by atomic mass is 16.4. The molecule has 0 unspecified atom stereocenters. The fourth-order valence-corrected chi connectivity index (χ4v) is 0.763. The van der Waals surface area contributed by atoms with Crippen molar-refractivity contribution in [1.29, 1.82) is 0 Å². The minimum atomic E-state index is -1.46. The average Bonchev–Trinajstić information content (AvgIpc) is 2.14. The summed E-state index contributed by atoms with van der Waals surface area (Å²) in [7, 11) is 0.343. The molecule has 0 amide bonds. The molecule has 0 fully saturated rings. The van der Waals surface area contributed by atoms with E-state index in [1.165, 1.54) is 0 Å². The van der Waals surface area contributed by atoms with E-state index >= 15 is 0 Å². The lowest BCUT2D eigenvalue weighted by atomic mass is 9.85. The molecule has 5 heteroatoms. The molecule has 0 aliphatic heterocycles. The fraction of sp³-hybridized carbons (Fsp3) is 0.400. The molecule has 1 aromatic heterocycles. The lowest BCUT2D eigenvalue weighted by Gasteiger charge is -1.96. The summed E-state index contributed by atoms with van der Waals surface area (Å²) >= 11 is 0. The van der Waals surface area contributed by atoms with Crippen molar-refractivity contribution in [3.8, 4) is 0 Å². The number of nitrogens with zero attached hydrogens (tertiary/aromatic N) is 2. The highest BCUT2D eigenvalue weighted by Crippen LogP contribution is 1.89. The number of hydrogen-bond acceptors (Lipinski definition) is 3. The van der Waals surface area contributed by atoms with Crippen LogP contribution in [-0.4, -0.2) is 26.7 Å². The molecule has 0 bridgehead atoms. The summed E-state index contributed by atoms with van der Waals surface area (Å²) < 4.78 is 1.73. The Hall–Kier alpha value is -0.805. The van der Waals surface area contributed by atoms with Gasteiger partial charge in [0, 0.05) is 12.7 Å². The van der Waals surface area contributed by atoms with Crippen LogP contribution in [0, 0.1) is 6.92 Å². The zero-order valence-electron chi connectivity index (χ0n) is 5.94. The minimum absolute atomic E-state index is 0.322. The number of aryl methyl sites for hydroxylation is 1. The SMILES string of the molecule is Cc1c(B(O)O)ncn1C. The van der Waals surface area contributed by atoms with Crippen LogP contribution in [0.2, 0.25) is 0 Å². The average molecular weight is 140 g/mol. The van der Waals surface area contributed by atoms with Gasteiger partial charge >= 0.3 is 7.12 Å². The molecule has 0 saturated heterocycles. The summed E-state index contributed by atoms with van der Waals surface area (Å²) in [5, 5.41) is 17.4. The van der Waals surface area contributed by atoms with E-state index in [1.807, 2.05) is 0 Å². The third-order valence-corrected chi connectivity index (χ3v) is 1.51. The zero-order chi connectivity index (χ0) is 7.72. The second-order valence-corrected chi connectivity index (χ2v) is 2.20. The van der Waals surface area contributed by atoms with Crippen LogP contribution in [0.5, 0.6) is 0 Å². The van der Waals surface area contributed by atoms with Crippen molar-refractivity contribution in [3.05, 3.63) is 12.0 Å². The van der Waals surface area contributed by atoms with Crippen molar-refractivity contribution >= 4 is 12.7 Å². The van der Waals surface area contributed by atoms with Crippen LogP contribution < -0.4 is 5.59 Å². The van der Waals surface area contributed by atoms with Crippen molar-refractivity contribution < 1.29 is 10.0 Å². The van der Waals surface area contributed by atoms with Crippen LogP contribution in [0.1, 0.15) is 5.69 Å². The largest absolute Gasteiger partial charge is 0.510 e. The summed E-state index contributed by atoms with van der Waals surface area (Å²) in [4.78, 5) is 3.78. The van der Waals surface area contributed by atoms with Crippen LogP contribution in [0.25, 0.3) is 0 Å². The molecule has 1 aromatic rings. The first kappa shape index (κ1) is 7.30. The molecule has 1 rings (SSSR count). The molecule has 4 nitrogen and oxygen atoms in total. The topological polar surface area (TPSA) is 58.3 Å².